The van der Waals surface area contributed by atoms with Gasteiger partial charge in [0, 0.05) is 13.1 Å². The molecule has 2 aromatic rings. The average Bonchev–Trinajstić information content (AvgIpc) is 2.74. The summed E-state index contributed by atoms with van der Waals surface area (Å²) in [5.74, 6) is 0.422. The number of nitrogens with zero attached hydrogens (tertiary/aromatic N) is 5. The quantitative estimate of drug-likeness (QED) is 0.752. The number of nitrogen functional groups attached to an aromatic ring is 1. The van der Waals surface area contributed by atoms with E-state index in [2.05, 4.69) is 28.9 Å². The van der Waals surface area contributed by atoms with Crippen molar-refractivity contribution in [1.29, 1.82) is 0 Å². The van der Waals surface area contributed by atoms with Crippen molar-refractivity contribution in [3.8, 4) is 0 Å². The van der Waals surface area contributed by atoms with Crippen molar-refractivity contribution in [2.24, 2.45) is 0 Å². The second kappa shape index (κ2) is 3.21. The predicted octanol–water partition coefficient (Wildman–Crippen LogP) is 0.0908. The Morgan fingerprint density at radius 1 is 1.43 bits per heavy atom. The van der Waals surface area contributed by atoms with E-state index in [4.69, 9.17) is 5.73 Å². The molecule has 0 fully saturated rings. The molecule has 0 aliphatic carbocycles. The van der Waals surface area contributed by atoms with Crippen molar-refractivity contribution in [3.63, 3.8) is 0 Å². The molecule has 2 rings (SSSR count). The maximum Gasteiger partial charge on any atom is 0.223 e. The van der Waals surface area contributed by atoms with Crippen LogP contribution in [0.4, 0.5) is 5.95 Å². The first-order valence-corrected chi connectivity index (χ1v) is 4.69. The highest BCUT2D eigenvalue weighted by atomic mass is 15.6. The van der Waals surface area contributed by atoms with Gasteiger partial charge in [-0.15, -0.1) is 0 Å². The molecule has 0 spiro atoms. The molecule has 0 aliphatic heterocycles. The van der Waals surface area contributed by atoms with Crippen molar-refractivity contribution >= 4 is 11.6 Å². The number of imidazole rings is 1. The van der Waals surface area contributed by atoms with Gasteiger partial charge in [0.15, 0.2) is 5.65 Å². The maximum absolute atomic E-state index is 5.63. The zero-order valence-electron chi connectivity index (χ0n) is 8.38. The van der Waals surface area contributed by atoms with Gasteiger partial charge in [0.05, 0.1) is 6.20 Å². The highest BCUT2D eigenvalue weighted by molar-refractivity contribution is 5.43. The summed E-state index contributed by atoms with van der Waals surface area (Å²) in [5, 5.41) is 6.29. The molecular formula is C8H14N6. The lowest BCUT2D eigenvalue weighted by atomic mass is 10.6. The monoisotopic (exact) mass is 194 g/mol. The summed E-state index contributed by atoms with van der Waals surface area (Å²) in [5.41, 5.74) is 6.52. The Balaban J connectivity index is 2.51. The zero-order valence-corrected chi connectivity index (χ0v) is 8.38. The van der Waals surface area contributed by atoms with Crippen LogP contribution >= 0.6 is 0 Å². The molecule has 0 bridgehead atoms. The first kappa shape index (κ1) is 8.86. The van der Waals surface area contributed by atoms with E-state index in [9.17, 15) is 0 Å². The second-order valence-corrected chi connectivity index (χ2v) is 3.00. The molecule has 0 radical (unpaired) electrons. The minimum absolute atomic E-state index is 0.422. The molecule has 14 heavy (non-hydrogen) atoms. The van der Waals surface area contributed by atoms with Crippen LogP contribution in [0, 0.1) is 0 Å². The number of hydrogen-bond donors (Lipinski definition) is 1. The summed E-state index contributed by atoms with van der Waals surface area (Å²) in [6.07, 6.45) is 3.47. The zero-order chi connectivity index (χ0) is 10.1. The summed E-state index contributed by atoms with van der Waals surface area (Å²) in [7, 11) is 0. The van der Waals surface area contributed by atoms with E-state index >= 15 is 0 Å². The summed E-state index contributed by atoms with van der Waals surface area (Å²) >= 11 is 0. The van der Waals surface area contributed by atoms with Gasteiger partial charge in [-0.3, -0.25) is 0 Å². The fourth-order valence-corrected chi connectivity index (χ4v) is 1.53. The Morgan fingerprint density at radius 3 is 2.79 bits per heavy atom. The summed E-state index contributed by atoms with van der Waals surface area (Å²) < 4.78 is 3.58. The smallest absolute Gasteiger partial charge is 0.223 e. The van der Waals surface area contributed by atoms with Gasteiger partial charge >= 0.3 is 0 Å². The Kier molecular flexibility index (Phi) is 2.03. The Bertz CT molecular complexity index is 424. The van der Waals surface area contributed by atoms with Crippen LogP contribution in [-0.2, 0) is 0 Å². The van der Waals surface area contributed by atoms with Crippen molar-refractivity contribution in [3.05, 3.63) is 12.5 Å². The summed E-state index contributed by atoms with van der Waals surface area (Å²) in [6, 6.07) is 0. The van der Waals surface area contributed by atoms with Crippen LogP contribution < -0.4 is 10.7 Å². The van der Waals surface area contributed by atoms with Crippen molar-refractivity contribution in [2.45, 2.75) is 13.8 Å². The van der Waals surface area contributed by atoms with Crippen LogP contribution in [0.15, 0.2) is 12.5 Å². The van der Waals surface area contributed by atoms with E-state index in [0.29, 0.717) is 5.95 Å². The molecule has 2 aromatic heterocycles. The molecule has 76 valence electrons. The van der Waals surface area contributed by atoms with Gasteiger partial charge in [-0.1, -0.05) is 0 Å². The van der Waals surface area contributed by atoms with Crippen molar-refractivity contribution < 1.29 is 0 Å². The molecule has 0 atom stereocenters. The molecule has 0 aromatic carbocycles. The lowest BCUT2D eigenvalue weighted by molar-refractivity contribution is 0.634. The summed E-state index contributed by atoms with van der Waals surface area (Å²) in [4.78, 5) is 4.00. The van der Waals surface area contributed by atoms with E-state index in [-0.39, 0.29) is 0 Å². The van der Waals surface area contributed by atoms with Gasteiger partial charge in [-0.05, 0) is 13.8 Å². The van der Waals surface area contributed by atoms with Crippen LogP contribution in [0.5, 0.6) is 0 Å². The van der Waals surface area contributed by atoms with E-state index in [1.54, 1.807) is 17.0 Å². The minimum atomic E-state index is 0.422. The molecule has 2 N–H and O–H groups in total. The van der Waals surface area contributed by atoms with Crippen molar-refractivity contribution in [2.75, 3.05) is 23.8 Å². The average molecular weight is 194 g/mol. The largest absolute Gasteiger partial charge is 0.368 e. The van der Waals surface area contributed by atoms with E-state index in [1.165, 1.54) is 0 Å². The third-order valence-electron chi connectivity index (χ3n) is 2.29. The number of rotatable bonds is 3. The van der Waals surface area contributed by atoms with E-state index in [1.807, 2.05) is 4.68 Å². The van der Waals surface area contributed by atoms with Gasteiger partial charge in [0.25, 0.3) is 0 Å². The lowest BCUT2D eigenvalue weighted by Gasteiger charge is -2.21. The molecule has 2 heterocycles. The Morgan fingerprint density at radius 2 is 2.14 bits per heavy atom. The first-order chi connectivity index (χ1) is 6.77. The van der Waals surface area contributed by atoms with Crippen molar-refractivity contribution in [1.82, 2.24) is 19.3 Å². The Labute approximate surface area is 81.9 Å². The second-order valence-electron chi connectivity index (χ2n) is 3.00. The molecule has 0 saturated heterocycles. The van der Waals surface area contributed by atoms with Crippen LogP contribution in [-0.4, -0.2) is 32.4 Å². The van der Waals surface area contributed by atoms with Gasteiger partial charge in [-0.2, -0.15) is 9.61 Å². The molecule has 0 unspecified atom stereocenters. The molecular weight excluding hydrogens is 180 g/mol. The molecule has 0 saturated carbocycles. The number of nitrogens with two attached hydrogens (primary N) is 1. The fourth-order valence-electron chi connectivity index (χ4n) is 1.53. The number of hydrogen-bond acceptors (Lipinski definition) is 4. The normalized spacial score (nSPS) is 11.0. The highest BCUT2D eigenvalue weighted by Gasteiger charge is 2.09. The topological polar surface area (TPSA) is 64.4 Å². The van der Waals surface area contributed by atoms with Crippen LogP contribution in [0.2, 0.25) is 0 Å². The van der Waals surface area contributed by atoms with Gasteiger partial charge in [0.2, 0.25) is 5.95 Å². The molecule has 0 aliphatic rings. The minimum Gasteiger partial charge on any atom is -0.368 e. The molecule has 0 amide bonds. The predicted molar refractivity (Wildman–Crippen MR) is 54.7 cm³/mol. The van der Waals surface area contributed by atoms with Gasteiger partial charge < -0.3 is 10.7 Å². The number of anilines is 1. The standard InChI is InChI=1S/C8H14N6/c1-3-12(4-2)13-6-11-14-7(13)5-10-8(14)9/h5-6H,3-4H2,1-2H3,(H2,9,10). The first-order valence-electron chi connectivity index (χ1n) is 4.69. The SMILES string of the molecule is CCN(CC)n1cnn2c(N)ncc12. The fraction of sp³-hybridized carbons (Fsp3) is 0.500. The maximum atomic E-state index is 5.63. The third kappa shape index (κ3) is 1.11. The van der Waals surface area contributed by atoms with Gasteiger partial charge in [-0.25, -0.2) is 9.66 Å². The number of fused-ring (bicyclic) bond motifs is 1. The highest BCUT2D eigenvalue weighted by Crippen LogP contribution is 2.07. The van der Waals surface area contributed by atoms with E-state index < -0.39 is 0 Å². The van der Waals surface area contributed by atoms with E-state index in [0.717, 1.165) is 18.7 Å². The summed E-state index contributed by atoms with van der Waals surface area (Å²) in [6.45, 7) is 6.04. The van der Waals surface area contributed by atoms with Crippen LogP contribution in [0.1, 0.15) is 13.8 Å². The van der Waals surface area contributed by atoms with Gasteiger partial charge in [0.1, 0.15) is 6.33 Å². The molecule has 6 heteroatoms. The van der Waals surface area contributed by atoms with Crippen LogP contribution in [0.25, 0.3) is 5.65 Å². The lowest BCUT2D eigenvalue weighted by Crippen LogP contribution is -2.33. The van der Waals surface area contributed by atoms with Crippen LogP contribution in [0.3, 0.4) is 0 Å². The molecule has 6 nitrogen and oxygen atoms in total. The number of aromatic nitrogens is 4. The third-order valence-corrected chi connectivity index (χ3v) is 2.29. The Hall–Kier alpha value is -1.72.